The average Bonchev–Trinajstić information content (AvgIpc) is 3.60. The molecular weight excluding hydrogens is 466 g/mol. The number of amides is 1. The van der Waals surface area contributed by atoms with Gasteiger partial charge < -0.3 is 24.2 Å². The molecule has 1 unspecified atom stereocenters. The maximum atomic E-state index is 12.9. The summed E-state index contributed by atoms with van der Waals surface area (Å²) in [7, 11) is 3.25. The Morgan fingerprint density at radius 2 is 1.78 bits per heavy atom. The predicted octanol–water partition coefficient (Wildman–Crippen LogP) is 5.72. The molecule has 5 rings (SSSR count). The second kappa shape index (κ2) is 11.0. The van der Waals surface area contributed by atoms with Gasteiger partial charge in [-0.05, 0) is 17.7 Å². The normalized spacial score (nSPS) is 11.8. The molecule has 0 radical (unpaired) electrons. The van der Waals surface area contributed by atoms with Crippen LogP contribution in [0.25, 0.3) is 22.2 Å². The minimum Gasteiger partial charge on any atom is -0.493 e. The zero-order valence-corrected chi connectivity index (χ0v) is 20.9. The third kappa shape index (κ3) is 5.21. The number of aryl methyl sites for hydroxylation is 1. The minimum atomic E-state index is -0.156. The van der Waals surface area contributed by atoms with Crippen LogP contribution in [0.4, 0.5) is 0 Å². The summed E-state index contributed by atoms with van der Waals surface area (Å²) >= 11 is 0. The lowest BCUT2D eigenvalue weighted by atomic mass is 9.89. The van der Waals surface area contributed by atoms with Crippen molar-refractivity contribution in [1.82, 2.24) is 15.3 Å². The highest BCUT2D eigenvalue weighted by atomic mass is 16.5. The fourth-order valence-electron chi connectivity index (χ4n) is 4.64. The van der Waals surface area contributed by atoms with Gasteiger partial charge in [0.1, 0.15) is 0 Å². The van der Waals surface area contributed by atoms with E-state index in [0.717, 1.165) is 27.6 Å². The molecule has 0 fully saturated rings. The van der Waals surface area contributed by atoms with Crippen LogP contribution in [-0.4, -0.2) is 36.6 Å². The standard InChI is InChI=1S/C30H29N3O4/c1-35-26-14-8-12-22(30(26)36-2)24(23-17-31-25-13-7-6-11-21(23)25)18-32-28(34)15-16-29-33-19-27(37-29)20-9-4-3-5-10-20/h3-14,17,19,24,31H,15-16,18H2,1-2H3,(H,32,34). The van der Waals surface area contributed by atoms with Crippen molar-refractivity contribution in [3.63, 3.8) is 0 Å². The molecule has 2 aromatic heterocycles. The first kappa shape index (κ1) is 24.2. The summed E-state index contributed by atoms with van der Waals surface area (Å²) in [5.41, 5.74) is 4.00. The molecule has 0 aliphatic carbocycles. The van der Waals surface area contributed by atoms with Gasteiger partial charge in [-0.2, -0.15) is 0 Å². The molecule has 0 aliphatic rings. The largest absolute Gasteiger partial charge is 0.493 e. The Kier molecular flexibility index (Phi) is 7.21. The second-order valence-corrected chi connectivity index (χ2v) is 8.71. The van der Waals surface area contributed by atoms with Gasteiger partial charge in [0.2, 0.25) is 5.91 Å². The van der Waals surface area contributed by atoms with Gasteiger partial charge in [0, 0.05) is 53.5 Å². The number of carbonyl (C=O) groups excluding carboxylic acids is 1. The summed E-state index contributed by atoms with van der Waals surface area (Å²) in [6, 6.07) is 23.7. The number of para-hydroxylation sites is 2. The number of nitrogens with one attached hydrogen (secondary N) is 2. The highest BCUT2D eigenvalue weighted by Gasteiger charge is 2.24. The summed E-state index contributed by atoms with van der Waals surface area (Å²) in [6.45, 7) is 0.394. The summed E-state index contributed by atoms with van der Waals surface area (Å²) in [5, 5.41) is 4.21. The number of hydrogen-bond donors (Lipinski definition) is 2. The Balaban J connectivity index is 1.33. The maximum Gasteiger partial charge on any atom is 0.220 e. The third-order valence-electron chi connectivity index (χ3n) is 6.49. The number of benzene rings is 3. The first-order chi connectivity index (χ1) is 18.2. The molecule has 0 aliphatic heterocycles. The molecule has 5 aromatic rings. The van der Waals surface area contributed by atoms with E-state index in [1.807, 2.05) is 72.9 Å². The number of H-pyrrole nitrogens is 1. The molecule has 1 atom stereocenters. The van der Waals surface area contributed by atoms with Crippen molar-refractivity contribution in [3.05, 3.63) is 102 Å². The number of ether oxygens (including phenoxy) is 2. The van der Waals surface area contributed by atoms with Crippen LogP contribution in [0.15, 0.2) is 89.6 Å². The topological polar surface area (TPSA) is 89.4 Å². The van der Waals surface area contributed by atoms with E-state index in [-0.39, 0.29) is 18.2 Å². The van der Waals surface area contributed by atoms with Crippen molar-refractivity contribution in [2.45, 2.75) is 18.8 Å². The van der Waals surface area contributed by atoms with Gasteiger partial charge in [-0.1, -0.05) is 60.7 Å². The van der Waals surface area contributed by atoms with E-state index in [2.05, 4.69) is 21.4 Å². The molecular formula is C30H29N3O4. The second-order valence-electron chi connectivity index (χ2n) is 8.71. The lowest BCUT2D eigenvalue weighted by molar-refractivity contribution is -0.121. The molecule has 2 N–H and O–H groups in total. The fraction of sp³-hybridized carbons (Fsp3) is 0.200. The van der Waals surface area contributed by atoms with Gasteiger partial charge in [0.05, 0.1) is 20.4 Å². The minimum absolute atomic E-state index is 0.0776. The Morgan fingerprint density at radius 3 is 2.59 bits per heavy atom. The Hall–Kier alpha value is -4.52. The lowest BCUT2D eigenvalue weighted by Crippen LogP contribution is -2.29. The molecule has 37 heavy (non-hydrogen) atoms. The van der Waals surface area contributed by atoms with Crippen LogP contribution < -0.4 is 14.8 Å². The van der Waals surface area contributed by atoms with Crippen LogP contribution in [0.2, 0.25) is 0 Å². The number of nitrogens with zero attached hydrogens (tertiary/aromatic N) is 1. The number of fused-ring (bicyclic) bond motifs is 1. The maximum absolute atomic E-state index is 12.9. The molecule has 3 aromatic carbocycles. The van der Waals surface area contributed by atoms with Crippen LogP contribution in [-0.2, 0) is 11.2 Å². The predicted molar refractivity (Wildman–Crippen MR) is 143 cm³/mol. The van der Waals surface area contributed by atoms with E-state index in [4.69, 9.17) is 13.9 Å². The molecule has 1 amide bonds. The number of hydrogen-bond acceptors (Lipinski definition) is 5. The first-order valence-electron chi connectivity index (χ1n) is 12.2. The number of aromatic nitrogens is 2. The molecule has 0 saturated carbocycles. The van der Waals surface area contributed by atoms with Gasteiger partial charge in [-0.15, -0.1) is 0 Å². The van der Waals surface area contributed by atoms with Gasteiger partial charge in [0.15, 0.2) is 23.1 Å². The van der Waals surface area contributed by atoms with E-state index in [9.17, 15) is 4.79 Å². The lowest BCUT2D eigenvalue weighted by Gasteiger charge is -2.22. The van der Waals surface area contributed by atoms with E-state index in [1.165, 1.54) is 0 Å². The smallest absolute Gasteiger partial charge is 0.220 e. The summed E-state index contributed by atoms with van der Waals surface area (Å²) in [6.07, 6.45) is 4.38. The first-order valence-corrected chi connectivity index (χ1v) is 12.2. The number of aromatic amines is 1. The molecule has 2 heterocycles. The van der Waals surface area contributed by atoms with Gasteiger partial charge in [-0.3, -0.25) is 4.79 Å². The van der Waals surface area contributed by atoms with Crippen molar-refractivity contribution >= 4 is 16.8 Å². The molecule has 0 bridgehead atoms. The third-order valence-corrected chi connectivity index (χ3v) is 6.49. The van der Waals surface area contributed by atoms with Crippen LogP contribution >= 0.6 is 0 Å². The van der Waals surface area contributed by atoms with Gasteiger partial charge >= 0.3 is 0 Å². The quantitative estimate of drug-likeness (QED) is 0.259. The van der Waals surface area contributed by atoms with E-state index in [0.29, 0.717) is 36.1 Å². The van der Waals surface area contributed by atoms with Crippen molar-refractivity contribution in [2.75, 3.05) is 20.8 Å². The summed E-state index contributed by atoms with van der Waals surface area (Å²) in [5.74, 6) is 2.30. The number of rotatable bonds is 10. The molecule has 7 nitrogen and oxygen atoms in total. The van der Waals surface area contributed by atoms with Crippen molar-refractivity contribution in [1.29, 1.82) is 0 Å². The molecule has 188 valence electrons. The fourth-order valence-corrected chi connectivity index (χ4v) is 4.64. The number of carbonyl (C=O) groups is 1. The van der Waals surface area contributed by atoms with Crippen molar-refractivity contribution in [2.24, 2.45) is 0 Å². The van der Waals surface area contributed by atoms with Crippen LogP contribution in [0, 0.1) is 0 Å². The molecule has 0 spiro atoms. The molecule has 0 saturated heterocycles. The van der Waals surface area contributed by atoms with Gasteiger partial charge in [0.25, 0.3) is 0 Å². The number of methoxy groups -OCH3 is 2. The number of oxazole rings is 1. The van der Waals surface area contributed by atoms with Gasteiger partial charge in [-0.25, -0.2) is 4.98 Å². The summed E-state index contributed by atoms with van der Waals surface area (Å²) in [4.78, 5) is 20.6. The average molecular weight is 496 g/mol. The van der Waals surface area contributed by atoms with Crippen LogP contribution in [0.5, 0.6) is 11.5 Å². The highest BCUT2D eigenvalue weighted by molar-refractivity contribution is 5.84. The van der Waals surface area contributed by atoms with Crippen molar-refractivity contribution in [3.8, 4) is 22.8 Å². The zero-order chi connectivity index (χ0) is 25.6. The Morgan fingerprint density at radius 1 is 0.973 bits per heavy atom. The highest BCUT2D eigenvalue weighted by Crippen LogP contribution is 2.40. The zero-order valence-electron chi connectivity index (χ0n) is 20.9. The van der Waals surface area contributed by atoms with Crippen LogP contribution in [0.3, 0.4) is 0 Å². The van der Waals surface area contributed by atoms with E-state index in [1.54, 1.807) is 20.4 Å². The van der Waals surface area contributed by atoms with E-state index >= 15 is 0 Å². The van der Waals surface area contributed by atoms with Crippen molar-refractivity contribution < 1.29 is 18.7 Å². The van der Waals surface area contributed by atoms with Crippen LogP contribution in [0.1, 0.15) is 29.4 Å². The SMILES string of the molecule is COc1cccc(C(CNC(=O)CCc2ncc(-c3ccccc3)o2)c2c[nH]c3ccccc23)c1OC. The molecule has 7 heteroatoms. The van der Waals surface area contributed by atoms with E-state index < -0.39 is 0 Å². The summed E-state index contributed by atoms with van der Waals surface area (Å²) < 4.78 is 17.1. The monoisotopic (exact) mass is 495 g/mol. The Bertz CT molecular complexity index is 1490. The Labute approximate surface area is 215 Å².